The molecule has 2 saturated heterocycles. The van der Waals surface area contributed by atoms with Crippen molar-refractivity contribution in [3.63, 3.8) is 0 Å². The van der Waals surface area contributed by atoms with Crippen molar-refractivity contribution in [3.8, 4) is 0 Å². The van der Waals surface area contributed by atoms with Crippen LogP contribution in [0.5, 0.6) is 0 Å². The number of fused-ring (bicyclic) bond motifs is 2. The lowest BCUT2D eigenvalue weighted by atomic mass is 9.54. The average molecular weight is 328 g/mol. The summed E-state index contributed by atoms with van der Waals surface area (Å²) in [6, 6.07) is 0. The van der Waals surface area contributed by atoms with Gasteiger partial charge in [-0.1, -0.05) is 0 Å². The van der Waals surface area contributed by atoms with Gasteiger partial charge in [-0.05, 0) is 74.0 Å². The molecule has 4 nitrogen and oxygen atoms in total. The first-order valence-electron chi connectivity index (χ1n) is 10.1. The number of carbonyl (C=O) groups excluding carboxylic acids is 2. The first kappa shape index (κ1) is 13.2. The zero-order valence-electron chi connectivity index (χ0n) is 13.8. The van der Waals surface area contributed by atoms with Crippen molar-refractivity contribution in [2.75, 3.05) is 0 Å². The van der Waals surface area contributed by atoms with Gasteiger partial charge in [-0.2, -0.15) is 0 Å². The lowest BCUT2D eigenvalue weighted by Gasteiger charge is -2.53. The predicted molar refractivity (Wildman–Crippen MR) is 82.4 cm³/mol. The van der Waals surface area contributed by atoms with E-state index in [1.807, 2.05) is 0 Å². The molecule has 128 valence electrons. The SMILES string of the molecule is O=C1O[C@H]2CC[C@H]3C[C@H]4[C@H]5C[C@H]6CC[C@H]7OC(=O)[C@@H]([C@@H]1[C@@H]4[C@@H]32)[C@@H]5[C@@H]67. The molecule has 4 heteroatoms. The topological polar surface area (TPSA) is 52.6 Å². The van der Waals surface area contributed by atoms with E-state index in [9.17, 15) is 9.59 Å². The second-order valence-corrected chi connectivity index (χ2v) is 9.79. The molecule has 2 aliphatic heterocycles. The molecule has 0 N–H and O–H groups in total. The van der Waals surface area contributed by atoms with Crippen LogP contribution in [0.25, 0.3) is 0 Å². The van der Waals surface area contributed by atoms with Gasteiger partial charge in [0.2, 0.25) is 0 Å². The lowest BCUT2D eigenvalue weighted by Crippen LogP contribution is -2.59. The van der Waals surface area contributed by atoms with E-state index >= 15 is 0 Å². The van der Waals surface area contributed by atoms with E-state index in [1.54, 1.807) is 0 Å². The summed E-state index contributed by atoms with van der Waals surface area (Å²) in [5, 5.41) is 0. The van der Waals surface area contributed by atoms with Gasteiger partial charge in [-0.3, -0.25) is 9.59 Å². The summed E-state index contributed by atoms with van der Waals surface area (Å²) in [4.78, 5) is 25.8. The molecule has 0 spiro atoms. The monoisotopic (exact) mass is 328 g/mol. The van der Waals surface area contributed by atoms with Gasteiger partial charge in [0.05, 0.1) is 11.8 Å². The van der Waals surface area contributed by atoms with Gasteiger partial charge in [0.15, 0.2) is 0 Å². The van der Waals surface area contributed by atoms with E-state index in [0.29, 0.717) is 35.5 Å². The highest BCUT2D eigenvalue weighted by atomic mass is 16.6. The van der Waals surface area contributed by atoms with Crippen molar-refractivity contribution >= 4 is 11.9 Å². The van der Waals surface area contributed by atoms with E-state index in [0.717, 1.165) is 24.7 Å². The molecule has 0 radical (unpaired) electrons. The number of ether oxygens (including phenoxy) is 2. The third-order valence-electron chi connectivity index (χ3n) is 9.46. The van der Waals surface area contributed by atoms with Gasteiger partial charge in [-0.15, -0.1) is 0 Å². The van der Waals surface area contributed by atoms with Crippen molar-refractivity contribution in [2.45, 2.75) is 50.7 Å². The Hall–Kier alpha value is -1.06. The summed E-state index contributed by atoms with van der Waals surface area (Å²) in [6.45, 7) is 0. The summed E-state index contributed by atoms with van der Waals surface area (Å²) in [7, 11) is 0. The maximum Gasteiger partial charge on any atom is 0.310 e. The summed E-state index contributed by atoms with van der Waals surface area (Å²) < 4.78 is 11.8. The molecule has 24 heavy (non-hydrogen) atoms. The Bertz CT molecular complexity index is 602. The third-order valence-corrected chi connectivity index (χ3v) is 9.46. The fourth-order valence-corrected chi connectivity index (χ4v) is 9.14. The minimum absolute atomic E-state index is 0.0610. The Morgan fingerprint density at radius 3 is 1.54 bits per heavy atom. The molecule has 0 aromatic rings. The van der Waals surface area contributed by atoms with Crippen LogP contribution >= 0.6 is 0 Å². The third kappa shape index (κ3) is 1.27. The quantitative estimate of drug-likeness (QED) is 0.641. The molecular weight excluding hydrogens is 304 g/mol. The zero-order valence-corrected chi connectivity index (χ0v) is 13.8. The van der Waals surface area contributed by atoms with Gasteiger partial charge < -0.3 is 9.47 Å². The molecular formula is C20H24O4. The second-order valence-electron chi connectivity index (χ2n) is 9.79. The minimum Gasteiger partial charge on any atom is -0.462 e. The summed E-state index contributed by atoms with van der Waals surface area (Å²) in [6.07, 6.45) is 7.45. The molecule has 0 bridgehead atoms. The first-order chi connectivity index (χ1) is 11.7. The normalized spacial score (nSPS) is 64.5. The van der Waals surface area contributed by atoms with Gasteiger partial charge in [-0.25, -0.2) is 0 Å². The summed E-state index contributed by atoms with van der Waals surface area (Å²) in [5.41, 5.74) is 0. The number of rotatable bonds is 0. The summed E-state index contributed by atoms with van der Waals surface area (Å²) in [5.74, 6) is 4.27. The molecule has 0 aromatic heterocycles. The van der Waals surface area contributed by atoms with E-state index in [1.165, 1.54) is 25.7 Å². The molecule has 0 aromatic carbocycles. The highest BCUT2D eigenvalue weighted by molar-refractivity contribution is 5.84. The Morgan fingerprint density at radius 1 is 0.625 bits per heavy atom. The lowest BCUT2D eigenvalue weighted by molar-refractivity contribution is -0.206. The Kier molecular flexibility index (Phi) is 2.21. The largest absolute Gasteiger partial charge is 0.462 e. The number of hydrogen-bond donors (Lipinski definition) is 0. The van der Waals surface area contributed by atoms with Gasteiger partial charge >= 0.3 is 11.9 Å². The highest BCUT2D eigenvalue weighted by Crippen LogP contribution is 2.71. The van der Waals surface area contributed by atoms with E-state index < -0.39 is 0 Å². The van der Waals surface area contributed by atoms with Crippen LogP contribution in [0.4, 0.5) is 0 Å². The van der Waals surface area contributed by atoms with Crippen molar-refractivity contribution in [3.05, 3.63) is 0 Å². The fourth-order valence-electron chi connectivity index (χ4n) is 9.14. The molecule has 12 atom stereocenters. The second kappa shape index (κ2) is 4.02. The van der Waals surface area contributed by atoms with Crippen LogP contribution in [-0.4, -0.2) is 24.1 Å². The van der Waals surface area contributed by atoms with Gasteiger partial charge in [0.1, 0.15) is 12.2 Å². The molecule has 7 fully saturated rings. The van der Waals surface area contributed by atoms with Crippen LogP contribution in [0.2, 0.25) is 0 Å². The van der Waals surface area contributed by atoms with Crippen LogP contribution in [0.3, 0.4) is 0 Å². The van der Waals surface area contributed by atoms with E-state index in [-0.39, 0.29) is 36.0 Å². The first-order valence-corrected chi connectivity index (χ1v) is 10.1. The van der Waals surface area contributed by atoms with Crippen LogP contribution in [0.15, 0.2) is 0 Å². The number of hydrogen-bond acceptors (Lipinski definition) is 4. The minimum atomic E-state index is -0.187. The predicted octanol–water partition coefficient (Wildman–Crippen LogP) is 2.41. The standard InChI is InChI=1S/C20H24O4/c21-19-17-15-9(5-7-1-3-11(23-19)13(7)15)10-6-8-2-4-12-14(8)16(10)18(17)20(22)24-12/h7-18H,1-6H2/t7-,8+,9-,10+,11-,12+,13-,14-,15-,16-,17-,18+/m0/s1. The molecule has 0 unspecified atom stereocenters. The summed E-state index contributed by atoms with van der Waals surface area (Å²) >= 11 is 0. The van der Waals surface area contributed by atoms with E-state index in [4.69, 9.17) is 9.47 Å². The smallest absolute Gasteiger partial charge is 0.310 e. The van der Waals surface area contributed by atoms with Crippen molar-refractivity contribution < 1.29 is 19.1 Å². The highest BCUT2D eigenvalue weighted by Gasteiger charge is 2.72. The zero-order chi connectivity index (χ0) is 15.7. The van der Waals surface area contributed by atoms with E-state index in [2.05, 4.69) is 0 Å². The molecule has 5 aliphatic carbocycles. The Morgan fingerprint density at radius 2 is 1.08 bits per heavy atom. The van der Waals surface area contributed by atoms with Crippen molar-refractivity contribution in [1.82, 2.24) is 0 Å². The molecule has 0 amide bonds. The maximum atomic E-state index is 12.9. The Balaban J connectivity index is 1.40. The van der Waals surface area contributed by atoms with Crippen LogP contribution in [-0.2, 0) is 19.1 Å². The maximum absolute atomic E-state index is 12.9. The van der Waals surface area contributed by atoms with Crippen LogP contribution in [0, 0.1) is 59.2 Å². The van der Waals surface area contributed by atoms with Gasteiger partial charge in [0.25, 0.3) is 0 Å². The molecule has 7 rings (SSSR count). The van der Waals surface area contributed by atoms with Crippen molar-refractivity contribution in [1.29, 1.82) is 0 Å². The fraction of sp³-hybridized carbons (Fsp3) is 0.900. The van der Waals surface area contributed by atoms with Crippen molar-refractivity contribution in [2.24, 2.45) is 59.2 Å². The molecule has 2 heterocycles. The molecule has 5 saturated carbocycles. The number of carbonyl (C=O) groups is 2. The number of esters is 2. The van der Waals surface area contributed by atoms with Crippen LogP contribution < -0.4 is 0 Å². The Labute approximate surface area is 141 Å². The molecule has 7 aliphatic rings. The van der Waals surface area contributed by atoms with Gasteiger partial charge in [0, 0.05) is 11.8 Å². The van der Waals surface area contributed by atoms with Crippen LogP contribution in [0.1, 0.15) is 38.5 Å². The average Bonchev–Trinajstić information content (AvgIpc) is 3.27.